The molecule has 1 N–H and O–H groups in total. The lowest BCUT2D eigenvalue weighted by Crippen LogP contribution is -2.38. The Hall–Kier alpha value is -2.05. The summed E-state index contributed by atoms with van der Waals surface area (Å²) in [6.07, 6.45) is 2.33. The number of nitrogens with one attached hydrogen (secondary N) is 1. The first-order valence-electron chi connectivity index (χ1n) is 9.10. The number of piperidine rings is 1. The normalized spacial score (nSPS) is 18.8. The van der Waals surface area contributed by atoms with Crippen molar-refractivity contribution < 1.29 is 9.47 Å². The Morgan fingerprint density at radius 3 is 2.72 bits per heavy atom. The van der Waals surface area contributed by atoms with E-state index in [1.165, 1.54) is 11.4 Å². The van der Waals surface area contributed by atoms with Crippen molar-refractivity contribution in [3.63, 3.8) is 0 Å². The predicted molar refractivity (Wildman–Crippen MR) is 95.9 cm³/mol. The maximum atomic E-state index is 6.16. The summed E-state index contributed by atoms with van der Waals surface area (Å²) < 4.78 is 13.7. The molecule has 3 heterocycles. The van der Waals surface area contributed by atoms with Gasteiger partial charge in [0.2, 0.25) is 0 Å². The van der Waals surface area contributed by atoms with Crippen molar-refractivity contribution in [1.29, 1.82) is 0 Å². The lowest BCUT2D eigenvalue weighted by Gasteiger charge is -2.31. The fourth-order valence-corrected chi connectivity index (χ4v) is 3.64. The van der Waals surface area contributed by atoms with E-state index in [0.29, 0.717) is 0 Å². The van der Waals surface area contributed by atoms with E-state index >= 15 is 0 Å². The van der Waals surface area contributed by atoms with Crippen LogP contribution in [0, 0.1) is 0 Å². The van der Waals surface area contributed by atoms with Gasteiger partial charge in [0.25, 0.3) is 0 Å². The molecule has 0 atom stereocenters. The van der Waals surface area contributed by atoms with Gasteiger partial charge in [0.05, 0.1) is 25.0 Å². The number of aromatic nitrogens is 2. The molecule has 0 aliphatic carbocycles. The lowest BCUT2D eigenvalue weighted by atomic mass is 10.1. The second-order valence-corrected chi connectivity index (χ2v) is 6.77. The number of likely N-dealkylation sites (tertiary alicyclic amines) is 1. The Morgan fingerprint density at radius 2 is 1.96 bits per heavy atom. The Kier molecular flexibility index (Phi) is 4.90. The zero-order valence-electron chi connectivity index (χ0n) is 14.8. The van der Waals surface area contributed by atoms with Crippen molar-refractivity contribution in [1.82, 2.24) is 20.0 Å². The quantitative estimate of drug-likeness (QED) is 0.901. The Morgan fingerprint density at radius 1 is 1.16 bits per heavy atom. The van der Waals surface area contributed by atoms with E-state index in [0.717, 1.165) is 63.6 Å². The molecule has 1 saturated heterocycles. The SMILES string of the molecule is COc1ccccc1OC1CCN(Cc2cc3n(n2)CCNC3)CC1. The molecule has 1 fully saturated rings. The van der Waals surface area contributed by atoms with E-state index < -0.39 is 0 Å². The zero-order chi connectivity index (χ0) is 17.1. The molecule has 0 spiro atoms. The summed E-state index contributed by atoms with van der Waals surface area (Å²) in [7, 11) is 1.69. The van der Waals surface area contributed by atoms with E-state index in [4.69, 9.17) is 14.6 Å². The fourth-order valence-electron chi connectivity index (χ4n) is 3.64. The lowest BCUT2D eigenvalue weighted by molar-refractivity contribution is 0.0935. The fraction of sp³-hybridized carbons (Fsp3) is 0.526. The van der Waals surface area contributed by atoms with Gasteiger partial charge >= 0.3 is 0 Å². The summed E-state index contributed by atoms with van der Waals surface area (Å²) in [5, 5.41) is 8.14. The van der Waals surface area contributed by atoms with E-state index in [9.17, 15) is 0 Å². The average Bonchev–Trinajstić information content (AvgIpc) is 3.06. The molecule has 1 aromatic carbocycles. The third-order valence-corrected chi connectivity index (χ3v) is 5.00. The van der Waals surface area contributed by atoms with Crippen molar-refractivity contribution >= 4 is 0 Å². The van der Waals surface area contributed by atoms with Gasteiger partial charge in [0, 0.05) is 32.7 Å². The van der Waals surface area contributed by atoms with Crippen molar-refractivity contribution in [3.05, 3.63) is 41.7 Å². The maximum absolute atomic E-state index is 6.16. The summed E-state index contributed by atoms with van der Waals surface area (Å²) in [5.41, 5.74) is 2.48. The van der Waals surface area contributed by atoms with Crippen LogP contribution in [0.3, 0.4) is 0 Å². The number of para-hydroxylation sites is 2. The Labute approximate surface area is 148 Å². The number of ether oxygens (including phenoxy) is 2. The standard InChI is InChI=1S/C19H26N4O2/c1-24-18-4-2-3-5-19(18)25-17-6-9-22(10-7-17)14-15-12-16-13-20-8-11-23(16)21-15/h2-5,12,17,20H,6-11,13-14H2,1H3. The largest absolute Gasteiger partial charge is 0.493 e. The van der Waals surface area contributed by atoms with Crippen LogP contribution in [0.5, 0.6) is 11.5 Å². The highest BCUT2D eigenvalue weighted by Crippen LogP contribution is 2.29. The maximum Gasteiger partial charge on any atom is 0.161 e. The molecule has 2 aliphatic heterocycles. The van der Waals surface area contributed by atoms with Crippen molar-refractivity contribution in [2.45, 2.75) is 38.6 Å². The van der Waals surface area contributed by atoms with Crippen LogP contribution in [0.4, 0.5) is 0 Å². The highest BCUT2D eigenvalue weighted by atomic mass is 16.5. The molecule has 134 valence electrons. The first-order valence-corrected chi connectivity index (χ1v) is 9.10. The van der Waals surface area contributed by atoms with Gasteiger partial charge < -0.3 is 14.8 Å². The second kappa shape index (κ2) is 7.45. The number of hydrogen-bond acceptors (Lipinski definition) is 5. The van der Waals surface area contributed by atoms with Crippen LogP contribution in [0.2, 0.25) is 0 Å². The second-order valence-electron chi connectivity index (χ2n) is 6.77. The summed E-state index contributed by atoms with van der Waals surface area (Å²) in [6.45, 7) is 5.94. The van der Waals surface area contributed by atoms with Crippen molar-refractivity contribution in [2.75, 3.05) is 26.7 Å². The van der Waals surface area contributed by atoms with Crippen LogP contribution >= 0.6 is 0 Å². The topological polar surface area (TPSA) is 51.6 Å². The molecule has 1 aromatic heterocycles. The Balaban J connectivity index is 1.30. The third-order valence-electron chi connectivity index (χ3n) is 5.00. The molecule has 0 bridgehead atoms. The summed E-state index contributed by atoms with van der Waals surface area (Å²) >= 11 is 0. The average molecular weight is 342 g/mol. The molecule has 2 aromatic rings. The summed E-state index contributed by atoms with van der Waals surface area (Å²) in [5.74, 6) is 1.65. The summed E-state index contributed by atoms with van der Waals surface area (Å²) in [6, 6.07) is 10.1. The van der Waals surface area contributed by atoms with E-state index in [1.807, 2.05) is 24.3 Å². The van der Waals surface area contributed by atoms with Gasteiger partial charge in [-0.1, -0.05) is 12.1 Å². The minimum absolute atomic E-state index is 0.256. The minimum atomic E-state index is 0.256. The van der Waals surface area contributed by atoms with Gasteiger partial charge in [0.15, 0.2) is 11.5 Å². The molecular weight excluding hydrogens is 316 g/mol. The van der Waals surface area contributed by atoms with E-state index in [2.05, 4.69) is 21.0 Å². The molecule has 2 aliphatic rings. The van der Waals surface area contributed by atoms with Crippen LogP contribution in [0.15, 0.2) is 30.3 Å². The Bertz CT molecular complexity index is 684. The van der Waals surface area contributed by atoms with Crippen LogP contribution < -0.4 is 14.8 Å². The first kappa shape index (κ1) is 16.4. The van der Waals surface area contributed by atoms with Crippen LogP contribution in [0.25, 0.3) is 0 Å². The molecule has 0 unspecified atom stereocenters. The molecule has 25 heavy (non-hydrogen) atoms. The number of methoxy groups -OCH3 is 1. The van der Waals surface area contributed by atoms with Gasteiger partial charge in [-0.2, -0.15) is 5.10 Å². The molecule has 4 rings (SSSR count). The van der Waals surface area contributed by atoms with Crippen LogP contribution in [-0.2, 0) is 19.6 Å². The van der Waals surface area contributed by atoms with Crippen molar-refractivity contribution in [3.8, 4) is 11.5 Å². The molecule has 6 heteroatoms. The number of nitrogens with zero attached hydrogens (tertiary/aromatic N) is 3. The molecule has 0 saturated carbocycles. The number of hydrogen-bond donors (Lipinski definition) is 1. The molecular formula is C19H26N4O2. The van der Waals surface area contributed by atoms with Gasteiger partial charge in [-0.3, -0.25) is 9.58 Å². The molecule has 6 nitrogen and oxygen atoms in total. The summed E-state index contributed by atoms with van der Waals surface area (Å²) in [4.78, 5) is 2.48. The van der Waals surface area contributed by atoms with E-state index in [1.54, 1.807) is 7.11 Å². The first-order chi connectivity index (χ1) is 12.3. The van der Waals surface area contributed by atoms with Gasteiger partial charge in [-0.25, -0.2) is 0 Å². The van der Waals surface area contributed by atoms with Gasteiger partial charge in [0.1, 0.15) is 6.10 Å². The van der Waals surface area contributed by atoms with Gasteiger partial charge in [-0.05, 0) is 31.0 Å². The molecule has 0 radical (unpaired) electrons. The molecule has 0 amide bonds. The third kappa shape index (κ3) is 3.80. The van der Waals surface area contributed by atoms with Crippen molar-refractivity contribution in [2.24, 2.45) is 0 Å². The zero-order valence-corrected chi connectivity index (χ0v) is 14.8. The minimum Gasteiger partial charge on any atom is -0.493 e. The highest BCUT2D eigenvalue weighted by molar-refractivity contribution is 5.39. The van der Waals surface area contributed by atoms with E-state index in [-0.39, 0.29) is 6.10 Å². The number of fused-ring (bicyclic) bond motifs is 1. The van der Waals surface area contributed by atoms with Crippen LogP contribution in [0.1, 0.15) is 24.2 Å². The monoisotopic (exact) mass is 342 g/mol. The van der Waals surface area contributed by atoms with Gasteiger partial charge in [-0.15, -0.1) is 0 Å². The number of benzene rings is 1. The predicted octanol–water partition coefficient (Wildman–Crippen LogP) is 2.04. The van der Waals surface area contributed by atoms with Crippen LogP contribution in [-0.4, -0.2) is 47.5 Å². The smallest absolute Gasteiger partial charge is 0.161 e. The number of rotatable bonds is 5. The highest BCUT2D eigenvalue weighted by Gasteiger charge is 2.22.